The molecule has 1 fully saturated rings. The van der Waals surface area contributed by atoms with Crippen molar-refractivity contribution in [2.24, 2.45) is 5.92 Å². The quantitative estimate of drug-likeness (QED) is 0.884. The van der Waals surface area contributed by atoms with Crippen LogP contribution in [0, 0.1) is 5.92 Å². The molecule has 1 aliphatic carbocycles. The third kappa shape index (κ3) is 4.35. The Hall–Kier alpha value is -1.35. The molecule has 0 radical (unpaired) electrons. The predicted molar refractivity (Wildman–Crippen MR) is 75.6 cm³/mol. The van der Waals surface area contributed by atoms with E-state index in [-0.39, 0.29) is 11.8 Å². The second-order valence-corrected chi connectivity index (χ2v) is 5.31. The highest BCUT2D eigenvalue weighted by Gasteiger charge is 2.20. The van der Waals surface area contributed by atoms with Crippen LogP contribution in [0.5, 0.6) is 0 Å². The van der Waals surface area contributed by atoms with Gasteiger partial charge in [-0.2, -0.15) is 0 Å². The molecule has 1 aliphatic rings. The predicted octanol–water partition coefficient (Wildman–Crippen LogP) is 3.03. The summed E-state index contributed by atoms with van der Waals surface area (Å²) in [4.78, 5) is 12.0. The van der Waals surface area contributed by atoms with Crippen LogP contribution in [0.25, 0.3) is 0 Å². The summed E-state index contributed by atoms with van der Waals surface area (Å²) >= 11 is 0. The van der Waals surface area contributed by atoms with Gasteiger partial charge in [-0.25, -0.2) is 0 Å². The zero-order valence-corrected chi connectivity index (χ0v) is 11.7. The smallest absolute Gasteiger partial charge is 0.223 e. The zero-order valence-electron chi connectivity index (χ0n) is 11.7. The SMILES string of the molecule is COCc1cccc(CNC(=O)C2CCCCC2)c1. The maximum atomic E-state index is 12.0. The van der Waals surface area contributed by atoms with Gasteiger partial charge in [-0.1, -0.05) is 43.5 Å². The van der Waals surface area contributed by atoms with Crippen LogP contribution in [-0.2, 0) is 22.7 Å². The second-order valence-electron chi connectivity index (χ2n) is 5.31. The van der Waals surface area contributed by atoms with Crippen molar-refractivity contribution in [2.45, 2.75) is 45.3 Å². The second kappa shape index (κ2) is 7.29. The molecule has 3 heteroatoms. The molecule has 1 aromatic rings. The number of rotatable bonds is 5. The molecule has 1 amide bonds. The number of hydrogen-bond acceptors (Lipinski definition) is 2. The lowest BCUT2D eigenvalue weighted by Crippen LogP contribution is -2.31. The van der Waals surface area contributed by atoms with E-state index in [0.29, 0.717) is 13.2 Å². The van der Waals surface area contributed by atoms with E-state index < -0.39 is 0 Å². The number of benzene rings is 1. The normalized spacial score (nSPS) is 16.3. The van der Waals surface area contributed by atoms with Crippen LogP contribution in [-0.4, -0.2) is 13.0 Å². The van der Waals surface area contributed by atoms with Crippen molar-refractivity contribution >= 4 is 5.91 Å². The van der Waals surface area contributed by atoms with Crippen molar-refractivity contribution in [3.63, 3.8) is 0 Å². The van der Waals surface area contributed by atoms with Crippen LogP contribution >= 0.6 is 0 Å². The fourth-order valence-corrected chi connectivity index (χ4v) is 2.69. The molecular weight excluding hydrogens is 238 g/mol. The van der Waals surface area contributed by atoms with Crippen LogP contribution in [0.15, 0.2) is 24.3 Å². The molecule has 1 saturated carbocycles. The van der Waals surface area contributed by atoms with E-state index in [2.05, 4.69) is 11.4 Å². The molecule has 0 unspecified atom stereocenters. The van der Waals surface area contributed by atoms with Gasteiger partial charge >= 0.3 is 0 Å². The molecule has 1 aromatic carbocycles. The molecular formula is C16H23NO2. The molecule has 0 heterocycles. The number of nitrogens with one attached hydrogen (secondary N) is 1. The maximum absolute atomic E-state index is 12.0. The van der Waals surface area contributed by atoms with Gasteiger partial charge in [-0.3, -0.25) is 4.79 Å². The Morgan fingerprint density at radius 2 is 2.00 bits per heavy atom. The molecule has 104 valence electrons. The first-order valence-electron chi connectivity index (χ1n) is 7.14. The van der Waals surface area contributed by atoms with E-state index in [9.17, 15) is 4.79 Å². The zero-order chi connectivity index (χ0) is 13.5. The summed E-state index contributed by atoms with van der Waals surface area (Å²) in [6.07, 6.45) is 5.77. The molecule has 0 atom stereocenters. The molecule has 0 spiro atoms. The van der Waals surface area contributed by atoms with E-state index in [1.165, 1.54) is 19.3 Å². The van der Waals surface area contributed by atoms with Crippen molar-refractivity contribution in [3.8, 4) is 0 Å². The van der Waals surface area contributed by atoms with Crippen molar-refractivity contribution in [3.05, 3.63) is 35.4 Å². The number of ether oxygens (including phenoxy) is 1. The van der Waals surface area contributed by atoms with E-state index in [0.717, 1.165) is 24.0 Å². The van der Waals surface area contributed by atoms with Crippen molar-refractivity contribution in [1.29, 1.82) is 0 Å². The number of hydrogen-bond donors (Lipinski definition) is 1. The van der Waals surface area contributed by atoms with Gasteiger partial charge in [0.15, 0.2) is 0 Å². The van der Waals surface area contributed by atoms with E-state index in [1.807, 2.05) is 18.2 Å². The van der Waals surface area contributed by atoms with E-state index in [4.69, 9.17) is 4.74 Å². The largest absolute Gasteiger partial charge is 0.380 e. The van der Waals surface area contributed by atoms with Crippen molar-refractivity contribution < 1.29 is 9.53 Å². The van der Waals surface area contributed by atoms with Gasteiger partial charge in [-0.05, 0) is 24.0 Å². The average molecular weight is 261 g/mol. The topological polar surface area (TPSA) is 38.3 Å². The number of carbonyl (C=O) groups is 1. The number of carbonyl (C=O) groups excluding carboxylic acids is 1. The Bertz CT molecular complexity index is 411. The Kier molecular flexibility index (Phi) is 5.40. The summed E-state index contributed by atoms with van der Waals surface area (Å²) in [7, 11) is 1.69. The van der Waals surface area contributed by atoms with Crippen LogP contribution in [0.4, 0.5) is 0 Å². The molecule has 19 heavy (non-hydrogen) atoms. The first-order valence-corrected chi connectivity index (χ1v) is 7.14. The Labute approximate surface area is 115 Å². The van der Waals surface area contributed by atoms with Gasteiger partial charge in [-0.15, -0.1) is 0 Å². The molecule has 2 rings (SSSR count). The summed E-state index contributed by atoms with van der Waals surface area (Å²) in [6.45, 7) is 1.23. The fourth-order valence-electron chi connectivity index (χ4n) is 2.69. The first-order chi connectivity index (χ1) is 9.29. The van der Waals surface area contributed by atoms with Crippen LogP contribution in [0.3, 0.4) is 0 Å². The van der Waals surface area contributed by atoms with Crippen LogP contribution in [0.1, 0.15) is 43.2 Å². The first kappa shape index (κ1) is 14.1. The lowest BCUT2D eigenvalue weighted by atomic mass is 9.88. The Morgan fingerprint density at radius 3 is 2.74 bits per heavy atom. The molecule has 0 aromatic heterocycles. The summed E-state index contributed by atoms with van der Waals surface area (Å²) in [5.41, 5.74) is 2.28. The fraction of sp³-hybridized carbons (Fsp3) is 0.562. The van der Waals surface area contributed by atoms with E-state index in [1.54, 1.807) is 7.11 Å². The van der Waals surface area contributed by atoms with Crippen molar-refractivity contribution in [1.82, 2.24) is 5.32 Å². The molecule has 0 aliphatic heterocycles. The van der Waals surface area contributed by atoms with Gasteiger partial charge in [0.05, 0.1) is 6.61 Å². The van der Waals surface area contributed by atoms with E-state index >= 15 is 0 Å². The molecule has 0 saturated heterocycles. The minimum absolute atomic E-state index is 0.219. The molecule has 0 bridgehead atoms. The monoisotopic (exact) mass is 261 g/mol. The summed E-state index contributed by atoms with van der Waals surface area (Å²) in [6, 6.07) is 8.18. The van der Waals surface area contributed by atoms with Gasteiger partial charge in [0, 0.05) is 19.6 Å². The highest BCUT2D eigenvalue weighted by atomic mass is 16.5. The Balaban J connectivity index is 1.83. The summed E-state index contributed by atoms with van der Waals surface area (Å²) < 4.78 is 5.12. The summed E-state index contributed by atoms with van der Waals surface area (Å²) in [5, 5.41) is 3.06. The Morgan fingerprint density at radius 1 is 1.26 bits per heavy atom. The van der Waals surface area contributed by atoms with Gasteiger partial charge in [0.2, 0.25) is 5.91 Å². The number of methoxy groups -OCH3 is 1. The van der Waals surface area contributed by atoms with Crippen LogP contribution in [0.2, 0.25) is 0 Å². The average Bonchev–Trinajstić information content (AvgIpc) is 2.46. The highest BCUT2D eigenvalue weighted by molar-refractivity contribution is 5.78. The third-order valence-electron chi connectivity index (χ3n) is 3.75. The van der Waals surface area contributed by atoms with Gasteiger partial charge in [0.1, 0.15) is 0 Å². The van der Waals surface area contributed by atoms with Crippen molar-refractivity contribution in [2.75, 3.05) is 7.11 Å². The van der Waals surface area contributed by atoms with Crippen LogP contribution < -0.4 is 5.32 Å². The molecule has 3 nitrogen and oxygen atoms in total. The molecule has 1 N–H and O–H groups in total. The van der Waals surface area contributed by atoms with Gasteiger partial charge in [0.25, 0.3) is 0 Å². The third-order valence-corrected chi connectivity index (χ3v) is 3.75. The number of amides is 1. The highest BCUT2D eigenvalue weighted by Crippen LogP contribution is 2.23. The minimum Gasteiger partial charge on any atom is -0.380 e. The van der Waals surface area contributed by atoms with Gasteiger partial charge < -0.3 is 10.1 Å². The maximum Gasteiger partial charge on any atom is 0.223 e. The lowest BCUT2D eigenvalue weighted by Gasteiger charge is -2.20. The lowest BCUT2D eigenvalue weighted by molar-refractivity contribution is -0.126. The standard InChI is InChI=1S/C16H23NO2/c1-19-12-14-7-5-6-13(10-14)11-17-16(18)15-8-3-2-4-9-15/h5-7,10,15H,2-4,8-9,11-12H2,1H3,(H,17,18). The minimum atomic E-state index is 0.219. The summed E-state index contributed by atoms with van der Waals surface area (Å²) in [5.74, 6) is 0.452.